The second kappa shape index (κ2) is 4.85. The number of hydrogen-bond acceptors (Lipinski definition) is 5. The van der Waals surface area contributed by atoms with E-state index in [0.29, 0.717) is 5.56 Å². The van der Waals surface area contributed by atoms with Gasteiger partial charge in [-0.05, 0) is 6.92 Å². The summed E-state index contributed by atoms with van der Waals surface area (Å²) < 4.78 is 0. The number of aldehydes is 1. The van der Waals surface area contributed by atoms with Gasteiger partial charge in [-0.3, -0.25) is 4.79 Å². The normalized spacial score (nSPS) is 10.1. The van der Waals surface area contributed by atoms with Gasteiger partial charge in [0.05, 0.1) is 0 Å². The Hall–Kier alpha value is -1.75. The van der Waals surface area contributed by atoms with Crippen molar-refractivity contribution >= 4 is 22.8 Å². The molecule has 1 aromatic carbocycles. The standard InChI is InChI=1S/C11H11N3OS/c1-2-12-11-14-13-10(16-11)9-5-3-8(7-15)4-6-9/h3-7H,2H2,1H3,(H,12,14). The third-order valence-corrected chi connectivity index (χ3v) is 2.98. The number of nitrogens with one attached hydrogen (secondary N) is 1. The molecule has 16 heavy (non-hydrogen) atoms. The molecule has 0 saturated heterocycles. The Labute approximate surface area is 97.3 Å². The maximum Gasteiger partial charge on any atom is 0.205 e. The number of aromatic nitrogens is 2. The van der Waals surface area contributed by atoms with Crippen molar-refractivity contribution in [2.24, 2.45) is 0 Å². The zero-order chi connectivity index (χ0) is 11.4. The SMILES string of the molecule is CCNc1nnc(-c2ccc(C=O)cc2)s1. The van der Waals surface area contributed by atoms with Gasteiger partial charge in [0.15, 0.2) is 0 Å². The van der Waals surface area contributed by atoms with Crippen LogP contribution >= 0.6 is 11.3 Å². The lowest BCUT2D eigenvalue weighted by Crippen LogP contribution is -1.94. The highest BCUT2D eigenvalue weighted by Gasteiger charge is 2.05. The highest BCUT2D eigenvalue weighted by molar-refractivity contribution is 7.18. The Kier molecular flexibility index (Phi) is 3.26. The second-order valence-corrected chi connectivity index (χ2v) is 4.16. The zero-order valence-corrected chi connectivity index (χ0v) is 9.62. The largest absolute Gasteiger partial charge is 0.360 e. The van der Waals surface area contributed by atoms with E-state index in [0.717, 1.165) is 28.5 Å². The third-order valence-electron chi connectivity index (χ3n) is 2.05. The van der Waals surface area contributed by atoms with E-state index in [9.17, 15) is 4.79 Å². The van der Waals surface area contributed by atoms with Crippen LogP contribution in [0.3, 0.4) is 0 Å². The monoisotopic (exact) mass is 233 g/mol. The van der Waals surface area contributed by atoms with Crippen LogP contribution in [0.25, 0.3) is 10.6 Å². The summed E-state index contributed by atoms with van der Waals surface area (Å²) in [6.07, 6.45) is 0.827. The molecule has 0 spiro atoms. The van der Waals surface area contributed by atoms with E-state index >= 15 is 0 Å². The third kappa shape index (κ3) is 2.25. The van der Waals surface area contributed by atoms with Crippen molar-refractivity contribution in [3.63, 3.8) is 0 Å². The molecule has 0 aliphatic rings. The molecule has 0 bridgehead atoms. The summed E-state index contributed by atoms with van der Waals surface area (Å²) in [5, 5.41) is 12.9. The fraction of sp³-hybridized carbons (Fsp3) is 0.182. The average Bonchev–Trinajstić information content (AvgIpc) is 2.78. The van der Waals surface area contributed by atoms with E-state index in [4.69, 9.17) is 0 Å². The van der Waals surface area contributed by atoms with Crippen LogP contribution in [-0.4, -0.2) is 23.0 Å². The van der Waals surface area contributed by atoms with E-state index in [2.05, 4.69) is 15.5 Å². The van der Waals surface area contributed by atoms with Gasteiger partial charge in [-0.25, -0.2) is 0 Å². The lowest BCUT2D eigenvalue weighted by Gasteiger charge is -1.95. The van der Waals surface area contributed by atoms with Crippen molar-refractivity contribution in [2.75, 3.05) is 11.9 Å². The lowest BCUT2D eigenvalue weighted by molar-refractivity contribution is 0.112. The number of nitrogens with zero attached hydrogens (tertiary/aromatic N) is 2. The smallest absolute Gasteiger partial charge is 0.205 e. The van der Waals surface area contributed by atoms with Gasteiger partial charge >= 0.3 is 0 Å². The molecule has 0 saturated carbocycles. The number of hydrogen-bond donors (Lipinski definition) is 1. The predicted octanol–water partition coefficient (Wildman–Crippen LogP) is 2.45. The van der Waals surface area contributed by atoms with Crippen LogP contribution in [0.15, 0.2) is 24.3 Å². The average molecular weight is 233 g/mol. The molecule has 0 amide bonds. The molecule has 0 fully saturated rings. The summed E-state index contributed by atoms with van der Waals surface area (Å²) in [7, 11) is 0. The molecule has 5 heteroatoms. The van der Waals surface area contributed by atoms with E-state index in [1.54, 1.807) is 12.1 Å². The van der Waals surface area contributed by atoms with Crippen molar-refractivity contribution < 1.29 is 4.79 Å². The van der Waals surface area contributed by atoms with Crippen LogP contribution < -0.4 is 5.32 Å². The highest BCUT2D eigenvalue weighted by atomic mass is 32.1. The summed E-state index contributed by atoms with van der Waals surface area (Å²) in [5.74, 6) is 0. The van der Waals surface area contributed by atoms with Gasteiger partial charge in [0.2, 0.25) is 5.13 Å². The van der Waals surface area contributed by atoms with Gasteiger partial charge in [-0.15, -0.1) is 10.2 Å². The van der Waals surface area contributed by atoms with Crippen LogP contribution in [0.1, 0.15) is 17.3 Å². The molecule has 2 aromatic rings. The molecule has 1 aromatic heterocycles. The molecule has 1 heterocycles. The summed E-state index contributed by atoms with van der Waals surface area (Å²) in [4.78, 5) is 10.5. The Balaban J connectivity index is 2.24. The molecule has 0 atom stereocenters. The van der Waals surface area contributed by atoms with Crippen molar-refractivity contribution in [3.8, 4) is 10.6 Å². The maximum absolute atomic E-state index is 10.5. The number of benzene rings is 1. The first-order valence-corrected chi connectivity index (χ1v) is 5.78. The van der Waals surface area contributed by atoms with Crippen LogP contribution in [0.2, 0.25) is 0 Å². The second-order valence-electron chi connectivity index (χ2n) is 3.18. The van der Waals surface area contributed by atoms with Crippen LogP contribution in [0.4, 0.5) is 5.13 Å². The molecule has 0 unspecified atom stereocenters. The van der Waals surface area contributed by atoms with E-state index in [-0.39, 0.29) is 0 Å². The van der Waals surface area contributed by atoms with Crippen molar-refractivity contribution in [3.05, 3.63) is 29.8 Å². The van der Waals surface area contributed by atoms with Crippen LogP contribution in [0, 0.1) is 0 Å². The molecule has 0 aliphatic carbocycles. The van der Waals surface area contributed by atoms with E-state index in [1.165, 1.54) is 11.3 Å². The molecule has 82 valence electrons. The van der Waals surface area contributed by atoms with Gasteiger partial charge in [0.25, 0.3) is 0 Å². The van der Waals surface area contributed by atoms with Crippen molar-refractivity contribution in [1.29, 1.82) is 0 Å². The molecular weight excluding hydrogens is 222 g/mol. The number of carbonyl (C=O) groups excluding carboxylic acids is 1. The summed E-state index contributed by atoms with van der Waals surface area (Å²) in [6.45, 7) is 2.85. The number of carbonyl (C=O) groups is 1. The summed E-state index contributed by atoms with van der Waals surface area (Å²) in [6, 6.07) is 7.30. The van der Waals surface area contributed by atoms with Gasteiger partial charge in [-0.2, -0.15) is 0 Å². The maximum atomic E-state index is 10.5. The number of rotatable bonds is 4. The Bertz CT molecular complexity index is 478. The first-order valence-electron chi connectivity index (χ1n) is 4.96. The van der Waals surface area contributed by atoms with E-state index < -0.39 is 0 Å². The molecular formula is C11H11N3OS. The minimum Gasteiger partial charge on any atom is -0.360 e. The topological polar surface area (TPSA) is 54.9 Å². The van der Waals surface area contributed by atoms with Crippen molar-refractivity contribution in [1.82, 2.24) is 10.2 Å². The first kappa shape index (κ1) is 10.8. The van der Waals surface area contributed by atoms with Crippen LogP contribution in [-0.2, 0) is 0 Å². The molecule has 0 aliphatic heterocycles. The highest BCUT2D eigenvalue weighted by Crippen LogP contribution is 2.26. The fourth-order valence-electron chi connectivity index (χ4n) is 1.27. The predicted molar refractivity (Wildman–Crippen MR) is 64.9 cm³/mol. The molecule has 1 N–H and O–H groups in total. The summed E-state index contributed by atoms with van der Waals surface area (Å²) in [5.41, 5.74) is 1.65. The van der Waals surface area contributed by atoms with Gasteiger partial charge in [0, 0.05) is 17.7 Å². The quantitative estimate of drug-likeness (QED) is 0.824. The zero-order valence-electron chi connectivity index (χ0n) is 8.80. The fourth-order valence-corrected chi connectivity index (χ4v) is 2.08. The Morgan fingerprint density at radius 2 is 2.06 bits per heavy atom. The first-order chi connectivity index (χ1) is 7.83. The molecule has 0 radical (unpaired) electrons. The minimum absolute atomic E-state index is 0.667. The van der Waals surface area contributed by atoms with Gasteiger partial charge in [0.1, 0.15) is 11.3 Å². The van der Waals surface area contributed by atoms with Crippen molar-refractivity contribution in [2.45, 2.75) is 6.92 Å². The Morgan fingerprint density at radius 1 is 1.31 bits per heavy atom. The van der Waals surface area contributed by atoms with Gasteiger partial charge < -0.3 is 5.32 Å². The summed E-state index contributed by atoms with van der Waals surface area (Å²) >= 11 is 1.50. The molecule has 4 nitrogen and oxygen atoms in total. The van der Waals surface area contributed by atoms with Crippen LogP contribution in [0.5, 0.6) is 0 Å². The lowest BCUT2D eigenvalue weighted by atomic mass is 10.2. The minimum atomic E-state index is 0.667. The van der Waals surface area contributed by atoms with Gasteiger partial charge in [-0.1, -0.05) is 35.6 Å². The number of anilines is 1. The Morgan fingerprint density at radius 3 is 2.69 bits per heavy atom. The molecule has 2 rings (SSSR count). The van der Waals surface area contributed by atoms with E-state index in [1.807, 2.05) is 19.1 Å².